The fourth-order valence-electron chi connectivity index (χ4n) is 3.22. The lowest BCUT2D eigenvalue weighted by atomic mass is 10.1. The number of hydrogen-bond acceptors (Lipinski definition) is 7. The Bertz CT molecular complexity index is 980. The van der Waals surface area contributed by atoms with Crippen LogP contribution >= 0.6 is 0 Å². The number of benzene rings is 1. The first-order valence-electron chi connectivity index (χ1n) is 9.54. The van der Waals surface area contributed by atoms with Crippen molar-refractivity contribution in [1.82, 2.24) is 10.3 Å². The Morgan fingerprint density at radius 1 is 1.13 bits per heavy atom. The summed E-state index contributed by atoms with van der Waals surface area (Å²) in [5, 5.41) is 2.77. The van der Waals surface area contributed by atoms with Gasteiger partial charge in [-0.2, -0.15) is 0 Å². The molecule has 1 unspecified atom stereocenters. The number of fused-ring (bicyclic) bond motifs is 1. The molecule has 0 saturated heterocycles. The van der Waals surface area contributed by atoms with Gasteiger partial charge < -0.3 is 29.2 Å². The van der Waals surface area contributed by atoms with Gasteiger partial charge in [-0.05, 0) is 51.0 Å². The van der Waals surface area contributed by atoms with Crippen LogP contribution in [0.3, 0.4) is 0 Å². The van der Waals surface area contributed by atoms with Crippen LogP contribution in [0, 0.1) is 13.8 Å². The molecular formula is C21H24N2O7. The van der Waals surface area contributed by atoms with Crippen LogP contribution in [0.15, 0.2) is 18.2 Å². The molecule has 1 atom stereocenters. The summed E-state index contributed by atoms with van der Waals surface area (Å²) in [4.78, 5) is 39.5. The summed E-state index contributed by atoms with van der Waals surface area (Å²) in [6.07, 6.45) is 0. The first-order chi connectivity index (χ1) is 14.3. The summed E-state index contributed by atoms with van der Waals surface area (Å²) in [5.74, 6) is -0.415. The molecule has 0 spiro atoms. The van der Waals surface area contributed by atoms with E-state index in [1.54, 1.807) is 32.9 Å². The van der Waals surface area contributed by atoms with Crippen molar-refractivity contribution in [3.05, 3.63) is 46.3 Å². The minimum absolute atomic E-state index is 0.172. The van der Waals surface area contributed by atoms with Gasteiger partial charge in [0, 0.05) is 5.69 Å². The number of hydrogen-bond donors (Lipinski definition) is 2. The number of amides is 1. The van der Waals surface area contributed by atoms with Crippen LogP contribution in [0.5, 0.6) is 11.5 Å². The Balaban J connectivity index is 1.58. The van der Waals surface area contributed by atoms with Crippen LogP contribution in [-0.4, -0.2) is 42.8 Å². The zero-order valence-electron chi connectivity index (χ0n) is 17.3. The van der Waals surface area contributed by atoms with E-state index in [1.807, 2.05) is 13.0 Å². The molecule has 9 nitrogen and oxygen atoms in total. The number of aryl methyl sites for hydroxylation is 1. The van der Waals surface area contributed by atoms with E-state index in [9.17, 15) is 14.4 Å². The Hall–Kier alpha value is -3.49. The van der Waals surface area contributed by atoms with Crippen LogP contribution in [0.2, 0.25) is 0 Å². The number of rotatable bonds is 7. The monoisotopic (exact) mass is 416 g/mol. The molecule has 1 aliphatic rings. The summed E-state index contributed by atoms with van der Waals surface area (Å²) < 4.78 is 20.7. The minimum Gasteiger partial charge on any atom is -0.461 e. The van der Waals surface area contributed by atoms with Crippen LogP contribution in [-0.2, 0) is 14.3 Å². The predicted octanol–water partition coefficient (Wildman–Crippen LogP) is 2.57. The number of carbonyl (C=O) groups excluding carboxylic acids is 3. The number of esters is 2. The summed E-state index contributed by atoms with van der Waals surface area (Å²) in [5.41, 5.74) is 2.13. The Morgan fingerprint density at radius 2 is 1.87 bits per heavy atom. The van der Waals surface area contributed by atoms with E-state index in [0.717, 1.165) is 5.56 Å². The molecule has 30 heavy (non-hydrogen) atoms. The maximum absolute atomic E-state index is 12.5. The van der Waals surface area contributed by atoms with Gasteiger partial charge in [0.2, 0.25) is 6.79 Å². The average Bonchev–Trinajstić information content (AvgIpc) is 3.29. The highest BCUT2D eigenvalue weighted by molar-refractivity contribution is 5.99. The third-order valence-corrected chi connectivity index (χ3v) is 4.73. The fourth-order valence-corrected chi connectivity index (χ4v) is 3.22. The molecule has 2 aromatic rings. The van der Waals surface area contributed by atoms with Crippen molar-refractivity contribution in [3.63, 3.8) is 0 Å². The number of aromatic amines is 1. The normalized spacial score (nSPS) is 12.9. The molecule has 160 valence electrons. The van der Waals surface area contributed by atoms with Gasteiger partial charge in [-0.15, -0.1) is 0 Å². The van der Waals surface area contributed by atoms with Crippen molar-refractivity contribution in [2.24, 2.45) is 0 Å². The second-order valence-electron chi connectivity index (χ2n) is 6.82. The standard InChI is InChI=1S/C21H24N2O7/c1-5-27-21(26)19-11(2)18(13(4)23-19)20(25)28-9-17(24)22-12(3)14-6-7-15-16(8-14)30-10-29-15/h6-8,12,23H,5,9-10H2,1-4H3,(H,22,24). The highest BCUT2D eigenvalue weighted by atomic mass is 16.7. The maximum atomic E-state index is 12.5. The first kappa shape index (κ1) is 21.2. The molecule has 1 aliphatic heterocycles. The van der Waals surface area contributed by atoms with Gasteiger partial charge in [-0.3, -0.25) is 4.79 Å². The average molecular weight is 416 g/mol. The topological polar surface area (TPSA) is 116 Å². The largest absolute Gasteiger partial charge is 0.461 e. The molecule has 1 amide bonds. The zero-order valence-corrected chi connectivity index (χ0v) is 17.3. The van der Waals surface area contributed by atoms with Crippen LogP contribution < -0.4 is 14.8 Å². The smallest absolute Gasteiger partial charge is 0.355 e. The van der Waals surface area contributed by atoms with Gasteiger partial charge in [0.1, 0.15) is 5.69 Å². The Kier molecular flexibility index (Phi) is 6.29. The van der Waals surface area contributed by atoms with E-state index in [-0.39, 0.29) is 30.7 Å². The molecule has 0 aliphatic carbocycles. The molecule has 1 aromatic heterocycles. The summed E-state index contributed by atoms with van der Waals surface area (Å²) in [7, 11) is 0. The number of aromatic nitrogens is 1. The van der Waals surface area contributed by atoms with E-state index < -0.39 is 24.5 Å². The maximum Gasteiger partial charge on any atom is 0.355 e. The van der Waals surface area contributed by atoms with Crippen LogP contribution in [0.25, 0.3) is 0 Å². The number of ether oxygens (including phenoxy) is 4. The molecule has 3 rings (SSSR count). The van der Waals surface area contributed by atoms with Crippen molar-refractivity contribution < 1.29 is 33.3 Å². The van der Waals surface area contributed by atoms with E-state index in [1.165, 1.54) is 0 Å². The van der Waals surface area contributed by atoms with Crippen molar-refractivity contribution in [2.45, 2.75) is 33.7 Å². The van der Waals surface area contributed by atoms with Gasteiger partial charge in [0.25, 0.3) is 5.91 Å². The third-order valence-electron chi connectivity index (χ3n) is 4.73. The fraction of sp³-hybridized carbons (Fsp3) is 0.381. The summed E-state index contributed by atoms with van der Waals surface area (Å²) in [6, 6.07) is 5.08. The second-order valence-corrected chi connectivity index (χ2v) is 6.82. The molecule has 0 bridgehead atoms. The van der Waals surface area contributed by atoms with Gasteiger partial charge >= 0.3 is 11.9 Å². The SMILES string of the molecule is CCOC(=O)c1[nH]c(C)c(C(=O)OCC(=O)NC(C)c2ccc3c(c2)OCO3)c1C. The highest BCUT2D eigenvalue weighted by Crippen LogP contribution is 2.34. The quantitative estimate of drug-likeness (QED) is 0.667. The lowest BCUT2D eigenvalue weighted by molar-refractivity contribution is -0.124. The van der Waals surface area contributed by atoms with Crippen molar-refractivity contribution in [1.29, 1.82) is 0 Å². The lowest BCUT2D eigenvalue weighted by Crippen LogP contribution is -2.31. The van der Waals surface area contributed by atoms with Gasteiger partial charge in [0.05, 0.1) is 18.2 Å². The summed E-state index contributed by atoms with van der Waals surface area (Å²) >= 11 is 0. The molecule has 0 fully saturated rings. The minimum atomic E-state index is -0.692. The lowest BCUT2D eigenvalue weighted by Gasteiger charge is -2.15. The van der Waals surface area contributed by atoms with Crippen LogP contribution in [0.4, 0.5) is 0 Å². The molecular weight excluding hydrogens is 392 g/mol. The van der Waals surface area contributed by atoms with Gasteiger partial charge in [-0.1, -0.05) is 6.07 Å². The van der Waals surface area contributed by atoms with Gasteiger partial charge in [0.15, 0.2) is 18.1 Å². The molecule has 1 aromatic carbocycles. The molecule has 9 heteroatoms. The number of nitrogens with one attached hydrogen (secondary N) is 2. The molecule has 0 saturated carbocycles. The van der Waals surface area contributed by atoms with E-state index in [4.69, 9.17) is 18.9 Å². The van der Waals surface area contributed by atoms with Crippen LogP contribution in [0.1, 0.15) is 57.6 Å². The van der Waals surface area contributed by atoms with Gasteiger partial charge in [-0.25, -0.2) is 9.59 Å². The molecule has 0 radical (unpaired) electrons. The third kappa shape index (κ3) is 4.40. The first-order valence-corrected chi connectivity index (χ1v) is 9.54. The van der Waals surface area contributed by atoms with Crippen molar-refractivity contribution in [3.8, 4) is 11.5 Å². The van der Waals surface area contributed by atoms with E-state index in [0.29, 0.717) is 22.8 Å². The predicted molar refractivity (Wildman–Crippen MR) is 106 cm³/mol. The second kappa shape index (κ2) is 8.89. The molecule has 2 heterocycles. The zero-order chi connectivity index (χ0) is 21.8. The van der Waals surface area contributed by atoms with Crippen molar-refractivity contribution >= 4 is 17.8 Å². The van der Waals surface area contributed by atoms with E-state index in [2.05, 4.69) is 10.3 Å². The molecule has 2 N–H and O–H groups in total. The Morgan fingerprint density at radius 3 is 2.60 bits per heavy atom. The summed E-state index contributed by atoms with van der Waals surface area (Å²) in [6.45, 7) is 6.71. The Labute approximate surface area is 173 Å². The van der Waals surface area contributed by atoms with Crippen molar-refractivity contribution in [2.75, 3.05) is 20.0 Å². The number of H-pyrrole nitrogens is 1. The highest BCUT2D eigenvalue weighted by Gasteiger charge is 2.24. The number of carbonyl (C=O) groups is 3. The van der Waals surface area contributed by atoms with E-state index >= 15 is 0 Å².